The zero-order valence-electron chi connectivity index (χ0n) is 17.0. The van der Waals surface area contributed by atoms with Crippen LogP contribution in [0.25, 0.3) is 0 Å². The summed E-state index contributed by atoms with van der Waals surface area (Å²) in [6.45, 7) is 4.11. The quantitative estimate of drug-likeness (QED) is 0.622. The van der Waals surface area contributed by atoms with Crippen LogP contribution in [-0.2, 0) is 17.5 Å². The number of aryl methyl sites for hydroxylation is 2. The largest absolute Gasteiger partial charge is 0.416 e. The third-order valence-electron chi connectivity index (χ3n) is 4.53. The van der Waals surface area contributed by atoms with Crippen LogP contribution in [0.2, 0.25) is 0 Å². The van der Waals surface area contributed by atoms with Gasteiger partial charge in [-0.25, -0.2) is 0 Å². The SMILES string of the molecule is Cc1cc(C)n(Cc2cccc(NC(=O)CNC(=O)c3ccc(C(F)(F)F)cc3)c2)n1. The van der Waals surface area contributed by atoms with Crippen LogP contribution < -0.4 is 10.6 Å². The van der Waals surface area contributed by atoms with Crippen LogP contribution in [0.3, 0.4) is 0 Å². The molecule has 2 aromatic carbocycles. The van der Waals surface area contributed by atoms with E-state index < -0.39 is 23.6 Å². The van der Waals surface area contributed by atoms with Crippen LogP contribution in [0.4, 0.5) is 18.9 Å². The Morgan fingerprint density at radius 1 is 1.03 bits per heavy atom. The number of amides is 2. The summed E-state index contributed by atoms with van der Waals surface area (Å²) in [4.78, 5) is 24.2. The fourth-order valence-corrected chi connectivity index (χ4v) is 3.03. The number of carbonyl (C=O) groups excluding carboxylic acids is 2. The smallest absolute Gasteiger partial charge is 0.343 e. The molecule has 0 saturated carbocycles. The molecule has 0 unspecified atom stereocenters. The molecule has 0 aliphatic heterocycles. The highest BCUT2D eigenvalue weighted by molar-refractivity contribution is 5.99. The molecule has 2 amide bonds. The molecule has 3 rings (SSSR count). The van der Waals surface area contributed by atoms with Crippen LogP contribution >= 0.6 is 0 Å². The molecule has 6 nitrogen and oxygen atoms in total. The Morgan fingerprint density at radius 2 is 1.74 bits per heavy atom. The minimum absolute atomic E-state index is 0.0349. The van der Waals surface area contributed by atoms with Crippen molar-refractivity contribution >= 4 is 17.5 Å². The van der Waals surface area contributed by atoms with E-state index in [0.29, 0.717) is 12.2 Å². The van der Waals surface area contributed by atoms with Gasteiger partial charge in [-0.15, -0.1) is 0 Å². The lowest BCUT2D eigenvalue weighted by Gasteiger charge is -2.10. The van der Waals surface area contributed by atoms with Gasteiger partial charge in [0.15, 0.2) is 0 Å². The second-order valence-electron chi connectivity index (χ2n) is 7.09. The summed E-state index contributed by atoms with van der Waals surface area (Å²) >= 11 is 0. The van der Waals surface area contributed by atoms with Gasteiger partial charge in [-0.05, 0) is 61.9 Å². The summed E-state index contributed by atoms with van der Waals surface area (Å²) in [5.74, 6) is -1.09. The lowest BCUT2D eigenvalue weighted by molar-refractivity contribution is -0.137. The molecule has 0 saturated heterocycles. The lowest BCUT2D eigenvalue weighted by Crippen LogP contribution is -2.32. The molecule has 3 aromatic rings. The highest BCUT2D eigenvalue weighted by Crippen LogP contribution is 2.29. The molecule has 0 fully saturated rings. The second kappa shape index (κ2) is 9.03. The summed E-state index contributed by atoms with van der Waals surface area (Å²) in [5.41, 5.74) is 2.64. The van der Waals surface area contributed by atoms with Gasteiger partial charge >= 0.3 is 6.18 Å². The third kappa shape index (κ3) is 5.94. The van der Waals surface area contributed by atoms with Gasteiger partial charge in [-0.2, -0.15) is 18.3 Å². The normalized spacial score (nSPS) is 11.3. The van der Waals surface area contributed by atoms with E-state index in [2.05, 4.69) is 15.7 Å². The summed E-state index contributed by atoms with van der Waals surface area (Å²) < 4.78 is 39.6. The number of alkyl halides is 3. The van der Waals surface area contributed by atoms with Gasteiger partial charge in [0.2, 0.25) is 5.91 Å². The minimum atomic E-state index is -4.47. The van der Waals surface area contributed by atoms with E-state index >= 15 is 0 Å². The molecule has 9 heteroatoms. The van der Waals surface area contributed by atoms with E-state index in [9.17, 15) is 22.8 Å². The van der Waals surface area contributed by atoms with Crippen molar-refractivity contribution < 1.29 is 22.8 Å². The maximum absolute atomic E-state index is 12.6. The van der Waals surface area contributed by atoms with Crippen molar-refractivity contribution in [1.82, 2.24) is 15.1 Å². The molecule has 162 valence electrons. The highest BCUT2D eigenvalue weighted by Gasteiger charge is 2.30. The van der Waals surface area contributed by atoms with E-state index in [1.165, 1.54) is 0 Å². The second-order valence-corrected chi connectivity index (χ2v) is 7.09. The molecule has 31 heavy (non-hydrogen) atoms. The van der Waals surface area contributed by atoms with E-state index in [4.69, 9.17) is 0 Å². The Balaban J connectivity index is 1.55. The van der Waals surface area contributed by atoms with E-state index in [0.717, 1.165) is 41.2 Å². The number of nitrogens with one attached hydrogen (secondary N) is 2. The molecule has 2 N–H and O–H groups in total. The number of anilines is 1. The molecule has 0 aliphatic rings. The average molecular weight is 430 g/mol. The van der Waals surface area contributed by atoms with Gasteiger partial charge in [-0.3, -0.25) is 14.3 Å². The van der Waals surface area contributed by atoms with Gasteiger partial charge in [0.1, 0.15) is 0 Å². The van der Waals surface area contributed by atoms with Gasteiger partial charge in [0.05, 0.1) is 24.3 Å². The van der Waals surface area contributed by atoms with Crippen molar-refractivity contribution in [3.8, 4) is 0 Å². The van der Waals surface area contributed by atoms with Crippen molar-refractivity contribution in [2.75, 3.05) is 11.9 Å². The van der Waals surface area contributed by atoms with Crippen LogP contribution in [0.1, 0.15) is 32.9 Å². The number of hydrogen-bond acceptors (Lipinski definition) is 3. The third-order valence-corrected chi connectivity index (χ3v) is 4.53. The summed E-state index contributed by atoms with van der Waals surface area (Å²) in [5, 5.41) is 9.50. The zero-order chi connectivity index (χ0) is 22.6. The molecule has 0 bridgehead atoms. The van der Waals surface area contributed by atoms with Crippen LogP contribution in [0.15, 0.2) is 54.6 Å². The maximum Gasteiger partial charge on any atom is 0.416 e. The van der Waals surface area contributed by atoms with Crippen LogP contribution in [0, 0.1) is 13.8 Å². The fraction of sp³-hybridized carbons (Fsp3) is 0.227. The number of halogens is 3. The number of carbonyl (C=O) groups is 2. The Hall–Kier alpha value is -3.62. The summed E-state index contributed by atoms with van der Waals surface area (Å²) in [7, 11) is 0. The number of nitrogens with zero attached hydrogens (tertiary/aromatic N) is 2. The first-order valence-electron chi connectivity index (χ1n) is 9.47. The van der Waals surface area contributed by atoms with Gasteiger partial charge < -0.3 is 10.6 Å². The topological polar surface area (TPSA) is 76.0 Å². The van der Waals surface area contributed by atoms with Crippen molar-refractivity contribution in [1.29, 1.82) is 0 Å². The molecule has 0 radical (unpaired) electrons. The molecular formula is C22H21F3N4O2. The number of aromatic nitrogens is 2. The Morgan fingerprint density at radius 3 is 2.35 bits per heavy atom. The van der Waals surface area contributed by atoms with E-state index in [-0.39, 0.29) is 12.1 Å². The Labute approximate surface area is 177 Å². The first-order chi connectivity index (χ1) is 14.6. The lowest BCUT2D eigenvalue weighted by atomic mass is 10.1. The fourth-order valence-electron chi connectivity index (χ4n) is 3.03. The van der Waals surface area contributed by atoms with Gasteiger partial charge in [0.25, 0.3) is 5.91 Å². The van der Waals surface area contributed by atoms with Gasteiger partial charge in [0, 0.05) is 16.9 Å². The minimum Gasteiger partial charge on any atom is -0.343 e. The molecule has 0 spiro atoms. The van der Waals surface area contributed by atoms with E-state index in [1.807, 2.05) is 36.7 Å². The first kappa shape index (κ1) is 22.1. The van der Waals surface area contributed by atoms with Crippen molar-refractivity contribution in [2.24, 2.45) is 0 Å². The zero-order valence-corrected chi connectivity index (χ0v) is 17.0. The predicted molar refractivity (Wildman–Crippen MR) is 110 cm³/mol. The summed E-state index contributed by atoms with van der Waals surface area (Å²) in [6.07, 6.45) is -4.47. The number of benzene rings is 2. The van der Waals surface area contributed by atoms with Crippen LogP contribution in [0.5, 0.6) is 0 Å². The number of rotatable bonds is 6. The van der Waals surface area contributed by atoms with Crippen molar-refractivity contribution in [2.45, 2.75) is 26.6 Å². The molecule has 0 aliphatic carbocycles. The monoisotopic (exact) mass is 430 g/mol. The maximum atomic E-state index is 12.6. The molecular weight excluding hydrogens is 409 g/mol. The molecule has 1 aromatic heterocycles. The Kier molecular flexibility index (Phi) is 6.43. The van der Waals surface area contributed by atoms with Crippen molar-refractivity contribution in [3.63, 3.8) is 0 Å². The van der Waals surface area contributed by atoms with Crippen molar-refractivity contribution in [3.05, 3.63) is 82.7 Å². The van der Waals surface area contributed by atoms with Crippen LogP contribution in [-0.4, -0.2) is 28.1 Å². The Bertz CT molecular complexity index is 1090. The average Bonchev–Trinajstić information content (AvgIpc) is 3.02. The van der Waals surface area contributed by atoms with E-state index in [1.54, 1.807) is 12.1 Å². The number of hydrogen-bond donors (Lipinski definition) is 2. The summed E-state index contributed by atoms with van der Waals surface area (Å²) in [6, 6.07) is 13.0. The highest BCUT2D eigenvalue weighted by atomic mass is 19.4. The predicted octanol–water partition coefficient (Wildman–Crippen LogP) is 3.94. The molecule has 1 heterocycles. The van der Waals surface area contributed by atoms with Gasteiger partial charge in [-0.1, -0.05) is 12.1 Å². The molecule has 0 atom stereocenters. The first-order valence-corrected chi connectivity index (χ1v) is 9.47. The standard InChI is InChI=1S/C22H21F3N4O2/c1-14-10-15(2)29(28-14)13-16-4-3-5-19(11-16)27-20(30)12-26-21(31)17-6-8-18(9-7-17)22(23,24)25/h3-11H,12-13H2,1-2H3,(H,26,31)(H,27,30).